The Labute approximate surface area is 116 Å². The summed E-state index contributed by atoms with van der Waals surface area (Å²) in [6.07, 6.45) is 7.04. The highest BCUT2D eigenvalue weighted by Crippen LogP contribution is 2.01. The van der Waals surface area contributed by atoms with Gasteiger partial charge in [-0.1, -0.05) is 0 Å². The predicted octanol–water partition coefficient (Wildman–Crippen LogP) is 0.297. The number of urea groups is 1. The van der Waals surface area contributed by atoms with Crippen molar-refractivity contribution in [2.24, 2.45) is 14.1 Å². The summed E-state index contributed by atoms with van der Waals surface area (Å²) in [5.74, 6) is -0.445. The van der Waals surface area contributed by atoms with Crippen LogP contribution in [0.3, 0.4) is 0 Å². The number of rotatable bonds is 2. The van der Waals surface area contributed by atoms with Crippen LogP contribution in [0, 0.1) is 0 Å². The Balaban J connectivity index is 1.99. The van der Waals surface area contributed by atoms with Crippen LogP contribution in [0.5, 0.6) is 0 Å². The summed E-state index contributed by atoms with van der Waals surface area (Å²) in [7, 11) is 3.65. The molecule has 0 aliphatic carbocycles. The first-order valence-corrected chi connectivity index (χ1v) is 6.07. The monoisotopic (exact) mass is 272 g/mol. The number of carbonyl (C=O) groups is 2. The summed E-state index contributed by atoms with van der Waals surface area (Å²) < 4.78 is 3.54. The highest BCUT2D eigenvalue weighted by atomic mass is 16.2. The van der Waals surface area contributed by atoms with Crippen molar-refractivity contribution in [1.29, 1.82) is 0 Å². The second-order valence-electron chi connectivity index (χ2n) is 4.42. The smallest absolute Gasteiger partial charge is 0.302 e. The molecule has 2 aromatic heterocycles. The van der Waals surface area contributed by atoms with Gasteiger partial charge in [-0.05, 0) is 12.1 Å². The largest absolute Gasteiger partial charge is 0.326 e. The fourth-order valence-electron chi connectivity index (χ4n) is 1.72. The van der Waals surface area contributed by atoms with Crippen LogP contribution in [-0.2, 0) is 14.1 Å². The average Bonchev–Trinajstić information content (AvgIpc) is 2.38. The number of aromatic nitrogens is 2. The van der Waals surface area contributed by atoms with Gasteiger partial charge in [-0.2, -0.15) is 0 Å². The summed E-state index contributed by atoms with van der Waals surface area (Å²) in [5.41, 5.74) is 1.03. The van der Waals surface area contributed by atoms with Gasteiger partial charge in [0.1, 0.15) is 25.3 Å². The van der Waals surface area contributed by atoms with Crippen molar-refractivity contribution in [3.8, 4) is 0 Å². The normalized spacial score (nSPS) is 9.90. The van der Waals surface area contributed by atoms with Crippen LogP contribution in [0.2, 0.25) is 0 Å². The Morgan fingerprint density at radius 2 is 1.65 bits per heavy atom. The molecule has 0 aliphatic rings. The first-order chi connectivity index (χ1) is 9.54. The van der Waals surface area contributed by atoms with E-state index in [1.165, 1.54) is 0 Å². The summed E-state index contributed by atoms with van der Waals surface area (Å²) in [6.45, 7) is 0. The molecule has 0 saturated carbocycles. The van der Waals surface area contributed by atoms with E-state index in [-0.39, 0.29) is 0 Å². The number of carbonyl (C=O) groups excluding carboxylic acids is 2. The summed E-state index contributed by atoms with van der Waals surface area (Å²) >= 11 is 0. The Bertz CT molecular complexity index is 655. The topological polar surface area (TPSA) is 66.0 Å². The lowest BCUT2D eigenvalue weighted by Gasteiger charge is -2.04. The van der Waals surface area contributed by atoms with Crippen molar-refractivity contribution in [2.45, 2.75) is 0 Å². The lowest BCUT2D eigenvalue weighted by atomic mass is 10.2. The number of nitrogens with one attached hydrogen (secondary N) is 2. The molecular formula is C14H16N4O2+2. The Morgan fingerprint density at radius 3 is 2.30 bits per heavy atom. The maximum Gasteiger partial charge on any atom is 0.326 e. The van der Waals surface area contributed by atoms with E-state index < -0.39 is 11.9 Å². The van der Waals surface area contributed by atoms with Gasteiger partial charge in [0.2, 0.25) is 0 Å². The van der Waals surface area contributed by atoms with Crippen LogP contribution < -0.4 is 19.8 Å². The SMILES string of the molecule is C[n+]1cccc(NC(=O)NC(=O)c2ccc[n+](C)c2)c1. The molecule has 0 saturated heterocycles. The van der Waals surface area contributed by atoms with Gasteiger partial charge in [-0.15, -0.1) is 0 Å². The van der Waals surface area contributed by atoms with Crippen LogP contribution in [0.25, 0.3) is 0 Å². The Hall–Kier alpha value is -2.76. The highest BCUT2D eigenvalue weighted by molar-refractivity contribution is 6.07. The van der Waals surface area contributed by atoms with Crippen LogP contribution in [0.4, 0.5) is 10.5 Å². The van der Waals surface area contributed by atoms with Crippen molar-refractivity contribution >= 4 is 17.6 Å². The number of amides is 3. The average molecular weight is 272 g/mol. The minimum atomic E-state index is -0.562. The van der Waals surface area contributed by atoms with E-state index >= 15 is 0 Å². The number of imide groups is 1. The lowest BCUT2D eigenvalue weighted by molar-refractivity contribution is -0.671. The third kappa shape index (κ3) is 3.61. The molecule has 3 amide bonds. The van der Waals surface area contributed by atoms with Crippen LogP contribution in [0.15, 0.2) is 49.1 Å². The van der Waals surface area contributed by atoms with Crippen molar-refractivity contribution in [1.82, 2.24) is 5.32 Å². The molecule has 2 N–H and O–H groups in total. The zero-order valence-corrected chi connectivity index (χ0v) is 11.3. The van der Waals surface area contributed by atoms with Gasteiger partial charge in [-0.25, -0.2) is 13.9 Å². The number of hydrogen-bond donors (Lipinski definition) is 2. The fraction of sp³-hybridized carbons (Fsp3) is 0.143. The lowest BCUT2D eigenvalue weighted by Crippen LogP contribution is -2.37. The molecule has 102 valence electrons. The van der Waals surface area contributed by atoms with Crippen molar-refractivity contribution in [3.05, 3.63) is 54.6 Å². The van der Waals surface area contributed by atoms with E-state index in [2.05, 4.69) is 10.6 Å². The number of pyridine rings is 2. The zero-order valence-electron chi connectivity index (χ0n) is 11.3. The molecule has 0 spiro atoms. The minimum absolute atomic E-state index is 0.420. The van der Waals surface area contributed by atoms with Crippen molar-refractivity contribution in [3.63, 3.8) is 0 Å². The number of hydrogen-bond acceptors (Lipinski definition) is 2. The maximum absolute atomic E-state index is 11.9. The second-order valence-corrected chi connectivity index (χ2v) is 4.42. The molecule has 0 fully saturated rings. The molecule has 6 nitrogen and oxygen atoms in total. The van der Waals surface area contributed by atoms with E-state index in [1.807, 2.05) is 13.2 Å². The van der Waals surface area contributed by atoms with Crippen LogP contribution in [-0.4, -0.2) is 11.9 Å². The van der Waals surface area contributed by atoms with E-state index in [9.17, 15) is 9.59 Å². The zero-order chi connectivity index (χ0) is 14.5. The van der Waals surface area contributed by atoms with Gasteiger partial charge in [0.25, 0.3) is 5.91 Å². The van der Waals surface area contributed by atoms with E-state index in [4.69, 9.17) is 0 Å². The summed E-state index contributed by atoms with van der Waals surface area (Å²) in [6, 6.07) is 6.36. The molecule has 0 radical (unpaired) electrons. The van der Waals surface area contributed by atoms with Gasteiger partial charge in [-0.3, -0.25) is 10.1 Å². The predicted molar refractivity (Wildman–Crippen MR) is 71.7 cm³/mol. The van der Waals surface area contributed by atoms with Crippen molar-refractivity contribution < 1.29 is 18.7 Å². The Morgan fingerprint density at radius 1 is 1.00 bits per heavy atom. The molecule has 2 heterocycles. The molecule has 0 bridgehead atoms. The maximum atomic E-state index is 11.9. The summed E-state index contributed by atoms with van der Waals surface area (Å²) in [5, 5.41) is 4.88. The molecule has 0 atom stereocenters. The second kappa shape index (κ2) is 5.92. The molecule has 2 aromatic rings. The third-order valence-corrected chi connectivity index (χ3v) is 2.63. The van der Waals surface area contributed by atoms with Crippen molar-refractivity contribution in [2.75, 3.05) is 5.32 Å². The molecule has 20 heavy (non-hydrogen) atoms. The molecule has 2 rings (SSSR count). The highest BCUT2D eigenvalue weighted by Gasteiger charge is 2.13. The van der Waals surface area contributed by atoms with Gasteiger partial charge in [0, 0.05) is 12.1 Å². The van der Waals surface area contributed by atoms with Crippen LogP contribution >= 0.6 is 0 Å². The number of nitrogens with zero attached hydrogens (tertiary/aromatic N) is 2. The molecule has 0 aromatic carbocycles. The molecule has 0 aliphatic heterocycles. The molecular weight excluding hydrogens is 256 g/mol. The van der Waals surface area contributed by atoms with Gasteiger partial charge in [0.05, 0.1) is 0 Å². The van der Waals surface area contributed by atoms with Crippen LogP contribution in [0.1, 0.15) is 10.4 Å². The summed E-state index contributed by atoms with van der Waals surface area (Å²) in [4.78, 5) is 23.6. The van der Waals surface area contributed by atoms with Gasteiger partial charge >= 0.3 is 6.03 Å². The molecule has 0 unspecified atom stereocenters. The number of anilines is 1. The van der Waals surface area contributed by atoms with Gasteiger partial charge < -0.3 is 5.32 Å². The minimum Gasteiger partial charge on any atom is -0.302 e. The first kappa shape index (κ1) is 13.7. The first-order valence-electron chi connectivity index (χ1n) is 6.07. The van der Waals surface area contributed by atoms with E-state index in [0.717, 1.165) is 0 Å². The Kier molecular flexibility index (Phi) is 4.05. The third-order valence-electron chi connectivity index (χ3n) is 2.63. The standard InChI is InChI=1S/C14H14N4O2/c1-17-7-3-5-11(9-17)13(19)16-14(20)15-12-6-4-8-18(2)10-12/h3-10H,1-2H3/p+2. The fourth-order valence-corrected chi connectivity index (χ4v) is 1.72. The number of aryl methyl sites for hydroxylation is 2. The van der Waals surface area contributed by atoms with E-state index in [0.29, 0.717) is 11.3 Å². The molecule has 6 heteroatoms. The quantitative estimate of drug-likeness (QED) is 0.772. The van der Waals surface area contributed by atoms with Gasteiger partial charge in [0.15, 0.2) is 24.8 Å². The van der Waals surface area contributed by atoms with E-state index in [1.54, 1.807) is 59.0 Å².